The van der Waals surface area contributed by atoms with E-state index in [2.05, 4.69) is 10.0 Å². The lowest BCUT2D eigenvalue weighted by Crippen LogP contribution is -2.26. The number of rotatable bonds is 10. The molecule has 0 saturated heterocycles. The molecule has 2 aromatic carbocycles. The summed E-state index contributed by atoms with van der Waals surface area (Å²) in [7, 11) is -0.566. The highest BCUT2D eigenvalue weighted by atomic mass is 32.2. The molecule has 0 unspecified atom stereocenters. The van der Waals surface area contributed by atoms with Gasteiger partial charge in [0.2, 0.25) is 10.0 Å². The van der Waals surface area contributed by atoms with Crippen LogP contribution in [0.4, 0.5) is 0 Å². The normalized spacial score (nSPS) is 11.2. The van der Waals surface area contributed by atoms with Gasteiger partial charge in [0.1, 0.15) is 5.76 Å². The Bertz CT molecular complexity index is 1110. The van der Waals surface area contributed by atoms with E-state index in [1.807, 2.05) is 18.2 Å². The molecule has 0 aliphatic rings. The van der Waals surface area contributed by atoms with Gasteiger partial charge < -0.3 is 19.2 Å². The molecular formula is C22H24N2O6S. The molecule has 0 radical (unpaired) electrons. The molecule has 2 N–H and O–H groups in total. The number of amides is 1. The zero-order valence-electron chi connectivity index (χ0n) is 17.3. The number of hydrogen-bond donors (Lipinski definition) is 2. The van der Waals surface area contributed by atoms with Crippen LogP contribution in [0.3, 0.4) is 0 Å². The van der Waals surface area contributed by atoms with Crippen LogP contribution in [0.2, 0.25) is 0 Å². The summed E-state index contributed by atoms with van der Waals surface area (Å²) in [5, 5.41) is 2.83. The molecular weight excluding hydrogens is 420 g/mol. The molecule has 164 valence electrons. The standard InChI is InChI=1S/C22H24N2O6S/c1-28-20-10-5-16(14-21(20)29-2)11-12-23-22(25)17-6-8-19(9-7-17)31(26,27)24-15-18-4-3-13-30-18/h3-10,13-14,24H,11-12,15H2,1-2H3,(H,23,25). The number of ether oxygens (including phenoxy) is 2. The van der Waals surface area contributed by atoms with E-state index < -0.39 is 10.0 Å². The lowest BCUT2D eigenvalue weighted by molar-refractivity contribution is 0.0954. The van der Waals surface area contributed by atoms with Crippen LogP contribution in [0.1, 0.15) is 21.7 Å². The molecule has 3 rings (SSSR count). The van der Waals surface area contributed by atoms with E-state index in [0.717, 1.165) is 5.56 Å². The van der Waals surface area contributed by atoms with Crippen LogP contribution >= 0.6 is 0 Å². The van der Waals surface area contributed by atoms with Crippen molar-refractivity contribution in [3.63, 3.8) is 0 Å². The summed E-state index contributed by atoms with van der Waals surface area (Å²) in [6.45, 7) is 0.465. The molecule has 9 heteroatoms. The van der Waals surface area contributed by atoms with Crippen LogP contribution in [-0.2, 0) is 23.0 Å². The lowest BCUT2D eigenvalue weighted by atomic mass is 10.1. The van der Waals surface area contributed by atoms with Gasteiger partial charge in [-0.3, -0.25) is 4.79 Å². The number of methoxy groups -OCH3 is 2. The molecule has 0 aliphatic carbocycles. The Morgan fingerprint density at radius 3 is 2.39 bits per heavy atom. The minimum atomic E-state index is -3.71. The molecule has 0 aliphatic heterocycles. The highest BCUT2D eigenvalue weighted by Gasteiger charge is 2.15. The molecule has 0 spiro atoms. The SMILES string of the molecule is COc1ccc(CCNC(=O)c2ccc(S(=O)(=O)NCc3ccco3)cc2)cc1OC. The summed E-state index contributed by atoms with van der Waals surface area (Å²) in [5.74, 6) is 1.50. The van der Waals surface area contributed by atoms with Gasteiger partial charge in [0, 0.05) is 12.1 Å². The first-order valence-corrected chi connectivity index (χ1v) is 11.0. The van der Waals surface area contributed by atoms with Gasteiger partial charge in [0.15, 0.2) is 11.5 Å². The Morgan fingerprint density at radius 1 is 1.00 bits per heavy atom. The minimum Gasteiger partial charge on any atom is -0.493 e. The third kappa shape index (κ3) is 5.87. The Kier molecular flexibility index (Phi) is 7.32. The van der Waals surface area contributed by atoms with Crippen LogP contribution < -0.4 is 19.5 Å². The number of nitrogens with one attached hydrogen (secondary N) is 2. The monoisotopic (exact) mass is 444 g/mol. The summed E-state index contributed by atoms with van der Waals surface area (Å²) in [6.07, 6.45) is 2.08. The van der Waals surface area contributed by atoms with Gasteiger partial charge in [-0.05, 0) is 60.5 Å². The second kappa shape index (κ2) is 10.1. The molecule has 0 atom stereocenters. The fourth-order valence-corrected chi connectivity index (χ4v) is 3.90. The highest BCUT2D eigenvalue weighted by Crippen LogP contribution is 2.27. The van der Waals surface area contributed by atoms with Crippen molar-refractivity contribution >= 4 is 15.9 Å². The molecule has 0 saturated carbocycles. The molecule has 3 aromatic rings. The van der Waals surface area contributed by atoms with E-state index in [1.54, 1.807) is 26.4 Å². The maximum Gasteiger partial charge on any atom is 0.251 e. The maximum atomic E-state index is 12.4. The van der Waals surface area contributed by atoms with E-state index in [1.165, 1.54) is 30.5 Å². The van der Waals surface area contributed by atoms with Gasteiger partial charge >= 0.3 is 0 Å². The van der Waals surface area contributed by atoms with Gasteiger partial charge in [0.25, 0.3) is 5.91 Å². The second-order valence-electron chi connectivity index (χ2n) is 6.62. The quantitative estimate of drug-likeness (QED) is 0.498. The average Bonchev–Trinajstić information content (AvgIpc) is 3.31. The summed E-state index contributed by atoms with van der Waals surface area (Å²) < 4.78 is 42.8. The van der Waals surface area contributed by atoms with Gasteiger partial charge in [-0.2, -0.15) is 0 Å². The first-order chi connectivity index (χ1) is 14.9. The second-order valence-corrected chi connectivity index (χ2v) is 8.39. The van der Waals surface area contributed by atoms with E-state index >= 15 is 0 Å². The fraction of sp³-hybridized carbons (Fsp3) is 0.227. The molecule has 1 aromatic heterocycles. The molecule has 31 heavy (non-hydrogen) atoms. The van der Waals surface area contributed by atoms with Crippen molar-refractivity contribution in [3.05, 3.63) is 77.7 Å². The highest BCUT2D eigenvalue weighted by molar-refractivity contribution is 7.89. The topological polar surface area (TPSA) is 107 Å². The first kappa shape index (κ1) is 22.4. The fourth-order valence-electron chi connectivity index (χ4n) is 2.91. The van der Waals surface area contributed by atoms with Crippen molar-refractivity contribution in [3.8, 4) is 11.5 Å². The third-order valence-corrected chi connectivity index (χ3v) is 6.01. The largest absolute Gasteiger partial charge is 0.493 e. The molecule has 8 nitrogen and oxygen atoms in total. The summed E-state index contributed by atoms with van der Waals surface area (Å²) >= 11 is 0. The number of benzene rings is 2. The maximum absolute atomic E-state index is 12.4. The Balaban J connectivity index is 1.54. The van der Waals surface area contributed by atoms with Crippen molar-refractivity contribution in [1.82, 2.24) is 10.0 Å². The molecule has 0 bridgehead atoms. The van der Waals surface area contributed by atoms with E-state index in [0.29, 0.717) is 35.8 Å². The van der Waals surface area contributed by atoms with Crippen LogP contribution in [-0.4, -0.2) is 35.1 Å². The smallest absolute Gasteiger partial charge is 0.251 e. The van der Waals surface area contributed by atoms with Crippen LogP contribution in [0, 0.1) is 0 Å². The van der Waals surface area contributed by atoms with Gasteiger partial charge in [-0.1, -0.05) is 6.07 Å². The van der Waals surface area contributed by atoms with E-state index in [4.69, 9.17) is 13.9 Å². The first-order valence-electron chi connectivity index (χ1n) is 9.54. The Hall–Kier alpha value is -3.30. The average molecular weight is 445 g/mol. The van der Waals surface area contributed by atoms with Gasteiger partial charge in [0.05, 0.1) is 31.9 Å². The van der Waals surface area contributed by atoms with Crippen molar-refractivity contribution in [2.75, 3.05) is 20.8 Å². The molecule has 1 heterocycles. The van der Waals surface area contributed by atoms with Crippen LogP contribution in [0.5, 0.6) is 11.5 Å². The van der Waals surface area contributed by atoms with E-state index in [9.17, 15) is 13.2 Å². The number of carbonyl (C=O) groups excluding carboxylic acids is 1. The number of carbonyl (C=O) groups is 1. The Labute approximate surface area is 181 Å². The zero-order chi connectivity index (χ0) is 22.3. The zero-order valence-corrected chi connectivity index (χ0v) is 18.1. The van der Waals surface area contributed by atoms with Crippen molar-refractivity contribution in [2.24, 2.45) is 0 Å². The summed E-state index contributed by atoms with van der Waals surface area (Å²) in [5.41, 5.74) is 1.36. The summed E-state index contributed by atoms with van der Waals surface area (Å²) in [4.78, 5) is 12.4. The summed E-state index contributed by atoms with van der Waals surface area (Å²) in [6, 6.07) is 14.7. The van der Waals surface area contributed by atoms with Gasteiger partial charge in [-0.25, -0.2) is 13.1 Å². The van der Waals surface area contributed by atoms with Crippen molar-refractivity contribution < 1.29 is 27.1 Å². The third-order valence-electron chi connectivity index (χ3n) is 4.59. The number of hydrogen-bond acceptors (Lipinski definition) is 6. The number of furan rings is 1. The Morgan fingerprint density at radius 2 is 1.74 bits per heavy atom. The number of sulfonamides is 1. The van der Waals surface area contributed by atoms with Crippen LogP contribution in [0.25, 0.3) is 0 Å². The van der Waals surface area contributed by atoms with Crippen molar-refractivity contribution in [2.45, 2.75) is 17.9 Å². The lowest BCUT2D eigenvalue weighted by Gasteiger charge is -2.10. The molecule has 0 fully saturated rings. The predicted molar refractivity (Wildman–Crippen MR) is 115 cm³/mol. The molecule has 1 amide bonds. The minimum absolute atomic E-state index is 0.0493. The predicted octanol–water partition coefficient (Wildman–Crippen LogP) is 2.75. The van der Waals surface area contributed by atoms with E-state index in [-0.39, 0.29) is 17.3 Å². The van der Waals surface area contributed by atoms with Gasteiger partial charge in [-0.15, -0.1) is 0 Å². The van der Waals surface area contributed by atoms with Crippen molar-refractivity contribution in [1.29, 1.82) is 0 Å². The van der Waals surface area contributed by atoms with Crippen LogP contribution in [0.15, 0.2) is 70.2 Å².